The van der Waals surface area contributed by atoms with Crippen molar-refractivity contribution in [1.29, 1.82) is 0 Å². The Hall–Kier alpha value is -0.820. The monoisotopic (exact) mass is 174 g/mol. The molecule has 1 aromatic rings. The summed E-state index contributed by atoms with van der Waals surface area (Å²) in [4.78, 5) is 2.47. The summed E-state index contributed by atoms with van der Waals surface area (Å²) in [6.45, 7) is 2.27. The van der Waals surface area contributed by atoms with Gasteiger partial charge in [0, 0.05) is 12.1 Å². The fraction of sp³-hybridized carbons (Fsp3) is 0.500. The minimum atomic E-state index is 0.544. The third-order valence-corrected chi connectivity index (χ3v) is 2.96. The molecule has 1 aromatic carbocycles. The van der Waals surface area contributed by atoms with E-state index in [0.29, 0.717) is 6.04 Å². The van der Waals surface area contributed by atoms with Gasteiger partial charge in [0.2, 0.25) is 0 Å². The Kier molecular flexibility index (Phi) is 2.36. The molecule has 0 spiro atoms. The first-order valence-electron chi connectivity index (χ1n) is 4.97. The maximum Gasteiger partial charge on any atom is 0.0319 e. The first kappa shape index (κ1) is 8.76. The molecule has 0 aromatic heterocycles. The van der Waals surface area contributed by atoms with Crippen molar-refractivity contribution >= 4 is 0 Å². The topological polar surface area (TPSA) is 3.24 Å². The molecule has 1 saturated carbocycles. The van der Waals surface area contributed by atoms with Crippen molar-refractivity contribution in [2.24, 2.45) is 0 Å². The lowest BCUT2D eigenvalue weighted by molar-refractivity contribution is 0.251. The second-order valence-electron chi connectivity index (χ2n) is 3.91. The highest BCUT2D eigenvalue weighted by atomic mass is 15.2. The maximum atomic E-state index is 3.05. The van der Waals surface area contributed by atoms with Gasteiger partial charge in [0.05, 0.1) is 0 Å². The van der Waals surface area contributed by atoms with Gasteiger partial charge >= 0.3 is 0 Å². The van der Waals surface area contributed by atoms with E-state index >= 15 is 0 Å². The van der Waals surface area contributed by atoms with E-state index < -0.39 is 0 Å². The second kappa shape index (κ2) is 3.51. The number of nitrogens with zero attached hydrogens (tertiary/aromatic N) is 1. The fourth-order valence-corrected chi connectivity index (χ4v) is 1.71. The van der Waals surface area contributed by atoms with E-state index in [4.69, 9.17) is 0 Å². The van der Waals surface area contributed by atoms with Crippen molar-refractivity contribution in [3.63, 3.8) is 0 Å². The van der Waals surface area contributed by atoms with E-state index in [2.05, 4.69) is 37.1 Å². The SMILES string of the molecule is CC(c1cc[c]cc1)N(C)C1CC1. The molecule has 1 radical (unpaired) electrons. The molecular weight excluding hydrogens is 158 g/mol. The van der Waals surface area contributed by atoms with Crippen LogP contribution in [0.25, 0.3) is 0 Å². The van der Waals surface area contributed by atoms with E-state index in [1.807, 2.05) is 12.1 Å². The average molecular weight is 174 g/mol. The summed E-state index contributed by atoms with van der Waals surface area (Å²) in [6, 6.07) is 12.7. The van der Waals surface area contributed by atoms with Crippen LogP contribution in [0.4, 0.5) is 0 Å². The summed E-state index contributed by atoms with van der Waals surface area (Å²) < 4.78 is 0. The van der Waals surface area contributed by atoms with Gasteiger partial charge in [-0.05, 0) is 38.4 Å². The zero-order chi connectivity index (χ0) is 9.26. The minimum Gasteiger partial charge on any atom is -0.297 e. The van der Waals surface area contributed by atoms with Crippen molar-refractivity contribution in [3.05, 3.63) is 35.9 Å². The van der Waals surface area contributed by atoms with E-state index in [-0.39, 0.29) is 0 Å². The highest BCUT2D eigenvalue weighted by molar-refractivity contribution is 5.18. The largest absolute Gasteiger partial charge is 0.297 e. The Labute approximate surface area is 80.4 Å². The van der Waals surface area contributed by atoms with E-state index in [9.17, 15) is 0 Å². The second-order valence-corrected chi connectivity index (χ2v) is 3.91. The van der Waals surface area contributed by atoms with Gasteiger partial charge in [0.25, 0.3) is 0 Å². The lowest BCUT2D eigenvalue weighted by atomic mass is 10.1. The van der Waals surface area contributed by atoms with Gasteiger partial charge in [-0.25, -0.2) is 0 Å². The minimum absolute atomic E-state index is 0.544. The predicted octanol–water partition coefficient (Wildman–Crippen LogP) is 2.64. The van der Waals surface area contributed by atoms with Gasteiger partial charge < -0.3 is 0 Å². The molecule has 0 amide bonds. The Morgan fingerprint density at radius 3 is 2.54 bits per heavy atom. The first-order valence-corrected chi connectivity index (χ1v) is 4.97. The number of benzene rings is 1. The van der Waals surface area contributed by atoms with Crippen LogP contribution in [-0.2, 0) is 0 Å². The molecule has 0 aliphatic heterocycles. The summed E-state index contributed by atoms with van der Waals surface area (Å²) in [5, 5.41) is 0. The molecule has 1 heteroatoms. The van der Waals surface area contributed by atoms with Crippen molar-refractivity contribution in [1.82, 2.24) is 4.90 Å². The van der Waals surface area contributed by atoms with Gasteiger partial charge in [-0.3, -0.25) is 4.90 Å². The van der Waals surface area contributed by atoms with Crippen molar-refractivity contribution < 1.29 is 0 Å². The Bertz CT molecular complexity index is 264. The molecule has 0 N–H and O–H groups in total. The lowest BCUT2D eigenvalue weighted by Crippen LogP contribution is -2.24. The standard InChI is InChI=1S/C12H16N/c1-10(13(2)12-8-9-12)11-6-4-3-5-7-11/h4-7,10,12H,8-9H2,1-2H3. The molecule has 1 unspecified atom stereocenters. The number of hydrogen-bond acceptors (Lipinski definition) is 1. The Morgan fingerprint density at radius 2 is 2.00 bits per heavy atom. The third kappa shape index (κ3) is 1.92. The van der Waals surface area contributed by atoms with Gasteiger partial charge in [-0.2, -0.15) is 0 Å². The number of rotatable bonds is 3. The summed E-state index contributed by atoms with van der Waals surface area (Å²) in [5.74, 6) is 0. The van der Waals surface area contributed by atoms with Gasteiger partial charge in [0.1, 0.15) is 0 Å². The van der Waals surface area contributed by atoms with Gasteiger partial charge in [-0.1, -0.05) is 24.3 Å². The fourth-order valence-electron chi connectivity index (χ4n) is 1.71. The van der Waals surface area contributed by atoms with Crippen LogP contribution in [0.5, 0.6) is 0 Å². The molecule has 1 atom stereocenters. The van der Waals surface area contributed by atoms with E-state index in [1.165, 1.54) is 18.4 Å². The summed E-state index contributed by atoms with van der Waals surface area (Å²) in [7, 11) is 2.22. The summed E-state index contributed by atoms with van der Waals surface area (Å²) >= 11 is 0. The van der Waals surface area contributed by atoms with Crippen molar-refractivity contribution in [2.75, 3.05) is 7.05 Å². The van der Waals surface area contributed by atoms with Crippen LogP contribution >= 0.6 is 0 Å². The van der Waals surface area contributed by atoms with Gasteiger partial charge in [0.15, 0.2) is 0 Å². The van der Waals surface area contributed by atoms with E-state index in [1.54, 1.807) is 0 Å². The van der Waals surface area contributed by atoms with Crippen molar-refractivity contribution in [3.8, 4) is 0 Å². The highest BCUT2D eigenvalue weighted by Crippen LogP contribution is 2.32. The Balaban J connectivity index is 2.07. The summed E-state index contributed by atoms with van der Waals surface area (Å²) in [5.41, 5.74) is 1.40. The van der Waals surface area contributed by atoms with Crippen LogP contribution < -0.4 is 0 Å². The van der Waals surface area contributed by atoms with E-state index in [0.717, 1.165) is 6.04 Å². The van der Waals surface area contributed by atoms with Gasteiger partial charge in [-0.15, -0.1) is 0 Å². The first-order chi connectivity index (χ1) is 6.29. The molecular formula is C12H16N. The molecule has 1 fully saturated rings. The maximum absolute atomic E-state index is 3.05. The Morgan fingerprint density at radius 1 is 1.38 bits per heavy atom. The predicted molar refractivity (Wildman–Crippen MR) is 54.5 cm³/mol. The van der Waals surface area contributed by atoms with Crippen molar-refractivity contribution in [2.45, 2.75) is 31.8 Å². The number of hydrogen-bond donors (Lipinski definition) is 0. The summed E-state index contributed by atoms with van der Waals surface area (Å²) in [6.07, 6.45) is 2.75. The molecule has 13 heavy (non-hydrogen) atoms. The van der Waals surface area contributed by atoms with Crippen LogP contribution in [0.3, 0.4) is 0 Å². The molecule has 1 nitrogen and oxygen atoms in total. The zero-order valence-corrected chi connectivity index (χ0v) is 8.33. The third-order valence-electron chi connectivity index (χ3n) is 2.96. The quantitative estimate of drug-likeness (QED) is 0.681. The average Bonchev–Trinajstić information content (AvgIpc) is 3.00. The van der Waals surface area contributed by atoms with Crippen LogP contribution in [0.15, 0.2) is 24.3 Å². The molecule has 69 valence electrons. The van der Waals surface area contributed by atoms with Crippen LogP contribution in [0.1, 0.15) is 31.4 Å². The normalized spacial score (nSPS) is 19.0. The highest BCUT2D eigenvalue weighted by Gasteiger charge is 2.29. The van der Waals surface area contributed by atoms with Crippen LogP contribution in [0, 0.1) is 6.07 Å². The molecule has 0 bridgehead atoms. The zero-order valence-electron chi connectivity index (χ0n) is 8.33. The van der Waals surface area contributed by atoms with Crippen LogP contribution in [-0.4, -0.2) is 18.0 Å². The molecule has 1 aliphatic carbocycles. The van der Waals surface area contributed by atoms with Crippen LogP contribution in [0.2, 0.25) is 0 Å². The molecule has 0 heterocycles. The lowest BCUT2D eigenvalue weighted by Gasteiger charge is -2.24. The molecule has 1 aliphatic rings. The molecule has 0 saturated heterocycles. The smallest absolute Gasteiger partial charge is 0.0319 e. The molecule has 2 rings (SSSR count).